The van der Waals surface area contributed by atoms with Crippen molar-refractivity contribution in [2.24, 2.45) is 0 Å². The molecule has 5 heteroatoms. The quantitative estimate of drug-likeness (QED) is 0.767. The number of hydrogen-bond acceptors (Lipinski definition) is 4. The van der Waals surface area contributed by atoms with Crippen LogP contribution in [0.2, 0.25) is 0 Å². The fraction of sp³-hybridized carbons (Fsp3) is 0.235. The molecule has 0 saturated carbocycles. The molecule has 0 aliphatic carbocycles. The molecule has 0 spiro atoms. The Balaban J connectivity index is 1.91. The topological polar surface area (TPSA) is 38.8 Å². The molecule has 1 saturated heterocycles. The Morgan fingerprint density at radius 2 is 2.00 bits per heavy atom. The van der Waals surface area contributed by atoms with E-state index in [0.29, 0.717) is 6.42 Å². The summed E-state index contributed by atoms with van der Waals surface area (Å²) in [5, 5.41) is 1.81. The van der Waals surface area contributed by atoms with Crippen molar-refractivity contribution < 1.29 is 14.4 Å². The Kier molecular flexibility index (Phi) is 4.45. The van der Waals surface area contributed by atoms with Gasteiger partial charge in [0.1, 0.15) is 0 Å². The zero-order valence-electron chi connectivity index (χ0n) is 12.1. The molecular weight excluding hydrogens is 346 g/mol. The van der Waals surface area contributed by atoms with E-state index in [2.05, 4.69) is 22.0 Å². The summed E-state index contributed by atoms with van der Waals surface area (Å²) in [4.78, 5) is 17.1. The van der Waals surface area contributed by atoms with Crippen molar-refractivity contribution in [3.8, 4) is 0 Å². The first kappa shape index (κ1) is 15.1. The van der Waals surface area contributed by atoms with Gasteiger partial charge in [-0.1, -0.05) is 46.3 Å². The largest absolute Gasteiger partial charge is 0.434 e. The second-order valence-electron chi connectivity index (χ2n) is 5.11. The third-order valence-corrected chi connectivity index (χ3v) is 3.96. The van der Waals surface area contributed by atoms with E-state index in [1.807, 2.05) is 53.6 Å². The summed E-state index contributed by atoms with van der Waals surface area (Å²) in [6, 6.07) is 17.9. The van der Waals surface area contributed by atoms with Crippen LogP contribution in [0.1, 0.15) is 24.9 Å². The fourth-order valence-corrected chi connectivity index (χ4v) is 2.99. The van der Waals surface area contributed by atoms with Gasteiger partial charge in [-0.05, 0) is 29.8 Å². The smallest absolute Gasteiger partial charge is 0.305 e. The van der Waals surface area contributed by atoms with Crippen molar-refractivity contribution in [3.05, 3.63) is 64.6 Å². The van der Waals surface area contributed by atoms with E-state index in [1.54, 1.807) is 0 Å². The highest BCUT2D eigenvalue weighted by molar-refractivity contribution is 9.10. The third-order valence-electron chi connectivity index (χ3n) is 3.47. The number of esters is 1. The average Bonchev–Trinajstić information content (AvgIpc) is 2.91. The average molecular weight is 362 g/mol. The van der Waals surface area contributed by atoms with Gasteiger partial charge in [0.05, 0.1) is 11.7 Å². The summed E-state index contributed by atoms with van der Waals surface area (Å²) in [7, 11) is 0. The number of carbonyl (C=O) groups is 1. The summed E-state index contributed by atoms with van der Waals surface area (Å²) in [5.74, 6) is -0.340. The monoisotopic (exact) mass is 361 g/mol. The molecule has 2 atom stereocenters. The zero-order chi connectivity index (χ0) is 15.5. The number of benzene rings is 2. The minimum Gasteiger partial charge on any atom is -0.434 e. The lowest BCUT2D eigenvalue weighted by molar-refractivity contribution is -0.168. The van der Waals surface area contributed by atoms with Crippen LogP contribution in [0.15, 0.2) is 59.1 Å². The van der Waals surface area contributed by atoms with Gasteiger partial charge in [-0.15, -0.1) is 0 Å². The molecule has 0 amide bonds. The molecule has 1 aliphatic heterocycles. The molecule has 1 heterocycles. The van der Waals surface area contributed by atoms with E-state index in [4.69, 9.17) is 9.57 Å². The first-order valence-corrected chi connectivity index (χ1v) is 7.86. The van der Waals surface area contributed by atoms with Crippen LogP contribution in [0.5, 0.6) is 0 Å². The lowest BCUT2D eigenvalue weighted by Gasteiger charge is -2.24. The maximum atomic E-state index is 11.2. The first-order chi connectivity index (χ1) is 10.6. The van der Waals surface area contributed by atoms with Gasteiger partial charge < -0.3 is 4.74 Å². The number of ether oxygens (including phenoxy) is 1. The van der Waals surface area contributed by atoms with E-state index >= 15 is 0 Å². The molecule has 0 N–H and O–H groups in total. The molecule has 0 aromatic heterocycles. The number of nitrogens with zero attached hydrogens (tertiary/aromatic N) is 1. The van der Waals surface area contributed by atoms with Crippen LogP contribution in [0.3, 0.4) is 0 Å². The van der Waals surface area contributed by atoms with E-state index in [1.165, 1.54) is 6.92 Å². The fourth-order valence-electron chi connectivity index (χ4n) is 2.58. The van der Waals surface area contributed by atoms with Gasteiger partial charge in [-0.3, -0.25) is 4.79 Å². The Bertz CT molecular complexity index is 662. The van der Waals surface area contributed by atoms with E-state index < -0.39 is 6.29 Å². The predicted octanol–water partition coefficient (Wildman–Crippen LogP) is 4.22. The SMILES string of the molecule is CC(=O)OC1CC(c2cccc(Br)c2)N(c2ccccc2)O1. The molecule has 1 aliphatic rings. The highest BCUT2D eigenvalue weighted by Gasteiger charge is 2.36. The summed E-state index contributed by atoms with van der Waals surface area (Å²) in [6.45, 7) is 1.39. The van der Waals surface area contributed by atoms with Gasteiger partial charge in [-0.25, -0.2) is 9.90 Å². The van der Waals surface area contributed by atoms with Gasteiger partial charge >= 0.3 is 5.97 Å². The number of anilines is 1. The summed E-state index contributed by atoms with van der Waals surface area (Å²) in [6.07, 6.45) is 0.0203. The van der Waals surface area contributed by atoms with Crippen LogP contribution >= 0.6 is 15.9 Å². The molecule has 2 aromatic carbocycles. The van der Waals surface area contributed by atoms with Gasteiger partial charge in [-0.2, -0.15) is 0 Å². The Morgan fingerprint density at radius 1 is 1.23 bits per heavy atom. The standard InChI is InChI=1S/C17H16BrNO3/c1-12(20)21-17-11-16(13-6-5-7-14(18)10-13)19(22-17)15-8-3-2-4-9-15/h2-10,16-17H,11H2,1H3. The van der Waals surface area contributed by atoms with E-state index in [0.717, 1.165) is 15.7 Å². The summed E-state index contributed by atoms with van der Waals surface area (Å²) < 4.78 is 6.24. The minimum absolute atomic E-state index is 0.00995. The van der Waals surface area contributed by atoms with E-state index in [9.17, 15) is 4.79 Å². The van der Waals surface area contributed by atoms with Crippen molar-refractivity contribution in [3.63, 3.8) is 0 Å². The van der Waals surface area contributed by atoms with Crippen molar-refractivity contribution in [2.75, 3.05) is 5.06 Å². The highest BCUT2D eigenvalue weighted by Crippen LogP contribution is 2.38. The van der Waals surface area contributed by atoms with Crippen LogP contribution in [0.4, 0.5) is 5.69 Å². The van der Waals surface area contributed by atoms with Crippen LogP contribution in [0, 0.1) is 0 Å². The summed E-state index contributed by atoms with van der Waals surface area (Å²) in [5.41, 5.74) is 2.04. The van der Waals surface area contributed by atoms with Crippen LogP contribution in [-0.4, -0.2) is 12.3 Å². The lowest BCUT2D eigenvalue weighted by Crippen LogP contribution is -2.23. The number of hydroxylamine groups is 1. The molecule has 0 bridgehead atoms. The van der Waals surface area contributed by atoms with Gasteiger partial charge in [0, 0.05) is 17.8 Å². The summed E-state index contributed by atoms with van der Waals surface area (Å²) >= 11 is 3.50. The van der Waals surface area contributed by atoms with Crippen LogP contribution in [0.25, 0.3) is 0 Å². The molecule has 3 rings (SSSR count). The Hall–Kier alpha value is -1.85. The molecule has 0 radical (unpaired) electrons. The van der Waals surface area contributed by atoms with Crippen molar-refractivity contribution >= 4 is 27.6 Å². The number of rotatable bonds is 3. The molecule has 1 fully saturated rings. The van der Waals surface area contributed by atoms with Crippen molar-refractivity contribution in [1.29, 1.82) is 0 Å². The molecular formula is C17H16BrNO3. The molecule has 4 nitrogen and oxygen atoms in total. The maximum Gasteiger partial charge on any atom is 0.305 e. The Labute approximate surface area is 137 Å². The van der Waals surface area contributed by atoms with Gasteiger partial charge in [0.2, 0.25) is 6.29 Å². The number of halogens is 1. The predicted molar refractivity (Wildman–Crippen MR) is 87.1 cm³/mol. The van der Waals surface area contributed by atoms with Crippen LogP contribution in [-0.2, 0) is 14.4 Å². The Morgan fingerprint density at radius 3 is 2.68 bits per heavy atom. The normalized spacial score (nSPS) is 20.9. The first-order valence-electron chi connectivity index (χ1n) is 7.07. The second-order valence-corrected chi connectivity index (χ2v) is 6.03. The lowest BCUT2D eigenvalue weighted by atomic mass is 10.0. The van der Waals surface area contributed by atoms with Gasteiger partial charge in [0.15, 0.2) is 0 Å². The number of hydrogen-bond donors (Lipinski definition) is 0. The number of carbonyl (C=O) groups excluding carboxylic acids is 1. The second kappa shape index (κ2) is 6.50. The van der Waals surface area contributed by atoms with Crippen molar-refractivity contribution in [2.45, 2.75) is 25.7 Å². The maximum absolute atomic E-state index is 11.2. The molecule has 22 heavy (non-hydrogen) atoms. The van der Waals surface area contributed by atoms with E-state index in [-0.39, 0.29) is 12.0 Å². The van der Waals surface area contributed by atoms with Crippen LogP contribution < -0.4 is 5.06 Å². The zero-order valence-corrected chi connectivity index (χ0v) is 13.7. The van der Waals surface area contributed by atoms with Crippen molar-refractivity contribution in [1.82, 2.24) is 0 Å². The molecule has 114 valence electrons. The minimum atomic E-state index is -0.568. The molecule has 2 aromatic rings. The number of para-hydroxylation sites is 1. The highest BCUT2D eigenvalue weighted by atomic mass is 79.9. The van der Waals surface area contributed by atoms with Gasteiger partial charge in [0.25, 0.3) is 0 Å². The third kappa shape index (κ3) is 3.31. The molecule has 2 unspecified atom stereocenters.